The van der Waals surface area contributed by atoms with Gasteiger partial charge in [0.15, 0.2) is 5.15 Å². The second-order valence-electron chi connectivity index (χ2n) is 3.56. The third-order valence-electron chi connectivity index (χ3n) is 2.46. The van der Waals surface area contributed by atoms with Gasteiger partial charge in [0, 0.05) is 11.0 Å². The van der Waals surface area contributed by atoms with Crippen LogP contribution >= 0.6 is 23.4 Å². The van der Waals surface area contributed by atoms with Crippen molar-refractivity contribution in [1.82, 2.24) is 10.2 Å². The largest absolute Gasteiger partial charge is 0.153 e. The molecule has 0 spiro atoms. The first-order valence-corrected chi connectivity index (χ1v) is 6.37. The molecule has 0 aromatic carbocycles. The quantitative estimate of drug-likeness (QED) is 0.794. The van der Waals surface area contributed by atoms with Crippen LogP contribution in [0.3, 0.4) is 0 Å². The summed E-state index contributed by atoms with van der Waals surface area (Å²) in [6.45, 7) is 0. The van der Waals surface area contributed by atoms with E-state index in [4.69, 9.17) is 11.6 Å². The second kappa shape index (κ2) is 4.99. The van der Waals surface area contributed by atoms with Crippen molar-refractivity contribution < 1.29 is 0 Å². The number of rotatable bonds is 3. The molecule has 0 amide bonds. The van der Waals surface area contributed by atoms with Crippen molar-refractivity contribution >= 4 is 23.4 Å². The van der Waals surface area contributed by atoms with Crippen LogP contribution in [0.2, 0.25) is 5.15 Å². The molecule has 2 rings (SSSR count). The third kappa shape index (κ3) is 2.85. The highest BCUT2D eigenvalue weighted by molar-refractivity contribution is 7.99. The van der Waals surface area contributed by atoms with Gasteiger partial charge in [-0.15, -0.1) is 5.10 Å². The molecule has 76 valence electrons. The summed E-state index contributed by atoms with van der Waals surface area (Å²) >= 11 is 7.66. The summed E-state index contributed by atoms with van der Waals surface area (Å²) in [6.07, 6.45) is 5.52. The Balaban J connectivity index is 1.82. The zero-order valence-corrected chi connectivity index (χ0v) is 9.52. The molecule has 2 nitrogen and oxygen atoms in total. The molecular weight excluding hydrogens is 216 g/mol. The van der Waals surface area contributed by atoms with Crippen molar-refractivity contribution in [1.29, 1.82) is 0 Å². The molecule has 4 heteroatoms. The van der Waals surface area contributed by atoms with Crippen LogP contribution in [0.5, 0.6) is 0 Å². The Morgan fingerprint density at radius 2 is 2.07 bits per heavy atom. The molecule has 1 aliphatic carbocycles. The van der Waals surface area contributed by atoms with Gasteiger partial charge < -0.3 is 0 Å². The number of halogens is 1. The van der Waals surface area contributed by atoms with Gasteiger partial charge in [-0.2, -0.15) is 16.9 Å². The van der Waals surface area contributed by atoms with E-state index in [2.05, 4.69) is 10.2 Å². The van der Waals surface area contributed by atoms with Gasteiger partial charge in [-0.1, -0.05) is 24.4 Å². The Kier molecular flexibility index (Phi) is 3.65. The molecule has 1 saturated carbocycles. The topological polar surface area (TPSA) is 25.8 Å². The first kappa shape index (κ1) is 10.2. The fourth-order valence-corrected chi connectivity index (χ4v) is 3.01. The van der Waals surface area contributed by atoms with E-state index in [-0.39, 0.29) is 0 Å². The third-order valence-corrected chi connectivity index (χ3v) is 4.06. The summed E-state index contributed by atoms with van der Waals surface area (Å²) in [5.41, 5.74) is 1.03. The maximum Gasteiger partial charge on any atom is 0.151 e. The molecule has 0 unspecified atom stereocenters. The van der Waals surface area contributed by atoms with E-state index in [0.717, 1.165) is 16.7 Å². The van der Waals surface area contributed by atoms with E-state index in [9.17, 15) is 0 Å². The number of nitrogens with zero attached hydrogens (tertiary/aromatic N) is 2. The van der Waals surface area contributed by atoms with Crippen LogP contribution in [0.4, 0.5) is 0 Å². The van der Waals surface area contributed by atoms with Crippen LogP contribution in [-0.4, -0.2) is 15.4 Å². The fraction of sp³-hybridized carbons (Fsp3) is 0.600. The Morgan fingerprint density at radius 3 is 2.71 bits per heavy atom. The van der Waals surface area contributed by atoms with Gasteiger partial charge in [0.1, 0.15) is 0 Å². The zero-order chi connectivity index (χ0) is 9.80. The molecule has 1 aromatic heterocycles. The molecule has 0 N–H and O–H groups in total. The van der Waals surface area contributed by atoms with Crippen LogP contribution in [0, 0.1) is 0 Å². The Labute approximate surface area is 93.4 Å². The molecule has 0 saturated heterocycles. The summed E-state index contributed by atoms with van der Waals surface area (Å²) in [7, 11) is 0. The van der Waals surface area contributed by atoms with E-state index in [1.807, 2.05) is 17.8 Å². The summed E-state index contributed by atoms with van der Waals surface area (Å²) in [4.78, 5) is 0. The van der Waals surface area contributed by atoms with E-state index in [0.29, 0.717) is 5.15 Å². The molecule has 0 atom stereocenters. The van der Waals surface area contributed by atoms with Crippen LogP contribution in [0.25, 0.3) is 0 Å². The van der Waals surface area contributed by atoms with Gasteiger partial charge in [-0.25, -0.2) is 0 Å². The van der Waals surface area contributed by atoms with Crippen molar-refractivity contribution in [3.05, 3.63) is 23.0 Å². The molecule has 1 aromatic rings. The van der Waals surface area contributed by atoms with E-state index < -0.39 is 0 Å². The molecular formula is C10H13ClN2S. The minimum absolute atomic E-state index is 0.472. The fourth-order valence-electron chi connectivity index (χ4n) is 1.68. The van der Waals surface area contributed by atoms with Crippen LogP contribution in [0.1, 0.15) is 31.4 Å². The van der Waals surface area contributed by atoms with Crippen molar-refractivity contribution in [2.24, 2.45) is 0 Å². The minimum Gasteiger partial charge on any atom is -0.153 e. The van der Waals surface area contributed by atoms with Gasteiger partial charge in [0.05, 0.1) is 5.69 Å². The van der Waals surface area contributed by atoms with E-state index in [1.165, 1.54) is 25.7 Å². The van der Waals surface area contributed by atoms with Gasteiger partial charge in [0.2, 0.25) is 0 Å². The smallest absolute Gasteiger partial charge is 0.151 e. The number of hydrogen-bond acceptors (Lipinski definition) is 3. The normalized spacial score (nSPS) is 17.5. The van der Waals surface area contributed by atoms with Crippen LogP contribution in [-0.2, 0) is 5.75 Å². The second-order valence-corrected chi connectivity index (χ2v) is 5.24. The van der Waals surface area contributed by atoms with Crippen LogP contribution < -0.4 is 0 Å². The monoisotopic (exact) mass is 228 g/mol. The predicted octanol–water partition coefficient (Wildman–Crippen LogP) is 3.31. The standard InChI is InChI=1S/C10H13ClN2S/c11-10-6-5-8(12-13-10)7-14-9-3-1-2-4-9/h5-6,9H,1-4,7H2. The molecule has 0 radical (unpaired) electrons. The predicted molar refractivity (Wildman–Crippen MR) is 60.6 cm³/mol. The molecule has 0 bridgehead atoms. The lowest BCUT2D eigenvalue weighted by Gasteiger charge is -2.06. The van der Waals surface area contributed by atoms with Crippen molar-refractivity contribution in [3.63, 3.8) is 0 Å². The zero-order valence-electron chi connectivity index (χ0n) is 7.95. The first-order valence-electron chi connectivity index (χ1n) is 4.94. The van der Waals surface area contributed by atoms with Gasteiger partial charge in [-0.05, 0) is 25.0 Å². The Bertz CT molecular complexity index is 283. The molecule has 14 heavy (non-hydrogen) atoms. The molecule has 1 fully saturated rings. The average Bonchev–Trinajstić information content (AvgIpc) is 2.70. The molecule has 0 aliphatic heterocycles. The highest BCUT2D eigenvalue weighted by Gasteiger charge is 2.15. The van der Waals surface area contributed by atoms with Gasteiger partial charge >= 0.3 is 0 Å². The van der Waals surface area contributed by atoms with Gasteiger partial charge in [0.25, 0.3) is 0 Å². The molecule has 1 aliphatic rings. The number of aromatic nitrogens is 2. The maximum absolute atomic E-state index is 5.66. The summed E-state index contributed by atoms with van der Waals surface area (Å²) in [6, 6.07) is 3.76. The van der Waals surface area contributed by atoms with Crippen molar-refractivity contribution in [2.45, 2.75) is 36.7 Å². The lowest BCUT2D eigenvalue weighted by molar-refractivity contribution is 0.886. The minimum atomic E-state index is 0.472. The average molecular weight is 229 g/mol. The highest BCUT2D eigenvalue weighted by Crippen LogP contribution is 2.31. The Hall–Kier alpha value is -0.280. The summed E-state index contributed by atoms with van der Waals surface area (Å²) in [5, 5.41) is 9.18. The summed E-state index contributed by atoms with van der Waals surface area (Å²) < 4.78 is 0. The summed E-state index contributed by atoms with van der Waals surface area (Å²) in [5.74, 6) is 0.967. The maximum atomic E-state index is 5.66. The lowest BCUT2D eigenvalue weighted by atomic mass is 10.4. The van der Waals surface area contributed by atoms with E-state index in [1.54, 1.807) is 6.07 Å². The van der Waals surface area contributed by atoms with Crippen molar-refractivity contribution in [2.75, 3.05) is 0 Å². The number of hydrogen-bond donors (Lipinski definition) is 0. The lowest BCUT2D eigenvalue weighted by Crippen LogP contribution is -1.97. The van der Waals surface area contributed by atoms with Gasteiger partial charge in [-0.3, -0.25) is 0 Å². The Morgan fingerprint density at radius 1 is 1.29 bits per heavy atom. The first-order chi connectivity index (χ1) is 6.84. The SMILES string of the molecule is Clc1ccc(CSC2CCCC2)nn1. The molecule has 1 heterocycles. The number of thioether (sulfide) groups is 1. The van der Waals surface area contributed by atoms with Crippen molar-refractivity contribution in [3.8, 4) is 0 Å². The van der Waals surface area contributed by atoms with E-state index >= 15 is 0 Å². The van der Waals surface area contributed by atoms with Crippen LogP contribution in [0.15, 0.2) is 12.1 Å². The highest BCUT2D eigenvalue weighted by atomic mass is 35.5.